The summed E-state index contributed by atoms with van der Waals surface area (Å²) in [4.78, 5) is 9.48. The number of carbonyl (C=O) groups excluding carboxylic acids is 1. The van der Waals surface area contributed by atoms with Crippen molar-refractivity contribution < 1.29 is 18.0 Å². The molecule has 0 amide bonds. The molecule has 56 valence electrons. The number of carbonyl (C=O) groups is 1. The molecule has 0 N–H and O–H groups in total. The van der Waals surface area contributed by atoms with Crippen LogP contribution in [0.5, 0.6) is 0 Å². The number of alkyl halides is 2. The van der Waals surface area contributed by atoms with E-state index >= 15 is 0 Å². The van der Waals surface area contributed by atoms with E-state index in [1.54, 1.807) is 0 Å². The molecule has 0 aliphatic rings. The Morgan fingerprint density at radius 1 is 1.44 bits per heavy atom. The number of hydrogen-bond acceptors (Lipinski definition) is 1. The third kappa shape index (κ3) is 18.6. The van der Waals surface area contributed by atoms with Gasteiger partial charge in [0.1, 0.15) is 0 Å². The van der Waals surface area contributed by atoms with Gasteiger partial charge >= 0.3 is 6.04 Å². The quantitative estimate of drug-likeness (QED) is 0.512. The Labute approximate surface area is 51.9 Å². The smallest absolute Gasteiger partial charge is 0.261 e. The molecule has 0 fully saturated rings. The van der Waals surface area contributed by atoms with Gasteiger partial charge < -0.3 is 0 Å². The zero-order valence-corrected chi connectivity index (χ0v) is 5.33. The summed E-state index contributed by atoms with van der Waals surface area (Å²) in [7, 11) is 0. The third-order valence-corrected chi connectivity index (χ3v) is 0.454. The number of halogens is 3. The Morgan fingerprint density at radius 2 is 1.56 bits per heavy atom. The SMILES string of the molecule is CC(C)C(=O)F.FCF. The van der Waals surface area contributed by atoms with Crippen molar-refractivity contribution in [1.29, 1.82) is 0 Å². The van der Waals surface area contributed by atoms with E-state index in [1.807, 2.05) is 0 Å². The highest BCUT2D eigenvalue weighted by atomic mass is 19.3. The van der Waals surface area contributed by atoms with E-state index in [0.29, 0.717) is 0 Å². The lowest BCUT2D eigenvalue weighted by molar-refractivity contribution is -0.132. The zero-order valence-electron chi connectivity index (χ0n) is 5.33. The lowest BCUT2D eigenvalue weighted by Gasteiger charge is -1.86. The summed E-state index contributed by atoms with van der Waals surface area (Å²) in [5.74, 6) is -0.454. The van der Waals surface area contributed by atoms with Crippen LogP contribution in [0.4, 0.5) is 13.2 Å². The van der Waals surface area contributed by atoms with Crippen molar-refractivity contribution in [2.24, 2.45) is 5.92 Å². The van der Waals surface area contributed by atoms with E-state index in [9.17, 15) is 18.0 Å². The van der Waals surface area contributed by atoms with Crippen LogP contribution in [0.2, 0.25) is 0 Å². The molecule has 9 heavy (non-hydrogen) atoms. The number of hydrogen-bond donors (Lipinski definition) is 0. The minimum atomic E-state index is -1.75. The molecule has 4 heteroatoms. The second-order valence-electron chi connectivity index (χ2n) is 1.56. The molecule has 0 atom stereocenters. The molecule has 0 spiro atoms. The first-order chi connectivity index (χ1) is 4.06. The van der Waals surface area contributed by atoms with Gasteiger partial charge in [-0.25, -0.2) is 8.78 Å². The minimum Gasteiger partial charge on any atom is -0.261 e. The first-order valence-corrected chi connectivity index (χ1v) is 2.37. The van der Waals surface area contributed by atoms with Crippen LogP contribution >= 0.6 is 0 Å². The average molecular weight is 142 g/mol. The van der Waals surface area contributed by atoms with E-state index < -0.39 is 18.9 Å². The van der Waals surface area contributed by atoms with Crippen LogP contribution in [0.1, 0.15) is 13.8 Å². The molecule has 0 saturated heterocycles. The van der Waals surface area contributed by atoms with Crippen LogP contribution in [-0.2, 0) is 4.79 Å². The highest BCUT2D eigenvalue weighted by Gasteiger charge is 2.00. The van der Waals surface area contributed by atoms with Crippen molar-refractivity contribution >= 4 is 6.04 Å². The van der Waals surface area contributed by atoms with Crippen molar-refractivity contribution in [3.8, 4) is 0 Å². The molecular formula is C5H9F3O. The van der Waals surface area contributed by atoms with Gasteiger partial charge in [0, 0.05) is 5.92 Å². The lowest BCUT2D eigenvalue weighted by Crippen LogP contribution is -1.96. The summed E-state index contributed by atoms with van der Waals surface area (Å²) in [5, 5.41) is 0. The molecule has 0 saturated carbocycles. The monoisotopic (exact) mass is 142 g/mol. The molecule has 0 heterocycles. The molecule has 0 aromatic heterocycles. The van der Waals surface area contributed by atoms with E-state index in [0.717, 1.165) is 0 Å². The fourth-order valence-corrected chi connectivity index (χ4v) is 0. The van der Waals surface area contributed by atoms with Crippen LogP contribution in [0.15, 0.2) is 0 Å². The molecular weight excluding hydrogens is 133 g/mol. The highest BCUT2D eigenvalue weighted by molar-refractivity contribution is 5.69. The molecule has 1 nitrogen and oxygen atoms in total. The standard InChI is InChI=1S/C4H7FO.CH2F2/c1-3(2)4(5)6;2-1-3/h3H,1-2H3;1H2. The summed E-state index contributed by atoms with van der Waals surface area (Å²) in [6.07, 6.45) is 0. The Morgan fingerprint density at radius 3 is 1.56 bits per heavy atom. The van der Waals surface area contributed by atoms with Gasteiger partial charge in [-0.3, -0.25) is 4.79 Å². The number of rotatable bonds is 1. The lowest BCUT2D eigenvalue weighted by atomic mass is 10.2. The van der Waals surface area contributed by atoms with Gasteiger partial charge in [-0.2, -0.15) is 4.39 Å². The summed E-state index contributed by atoms with van der Waals surface area (Å²) >= 11 is 0. The largest absolute Gasteiger partial charge is 0.304 e. The topological polar surface area (TPSA) is 17.1 Å². The molecule has 0 aliphatic heterocycles. The second-order valence-corrected chi connectivity index (χ2v) is 1.56. The maximum absolute atomic E-state index is 11.2. The van der Waals surface area contributed by atoms with Gasteiger partial charge in [-0.05, 0) is 0 Å². The van der Waals surface area contributed by atoms with Crippen molar-refractivity contribution in [2.45, 2.75) is 13.8 Å². The van der Waals surface area contributed by atoms with E-state index in [4.69, 9.17) is 0 Å². The average Bonchev–Trinajstić information content (AvgIpc) is 1.68. The predicted molar refractivity (Wildman–Crippen MR) is 28.0 cm³/mol. The zero-order chi connectivity index (χ0) is 7.86. The molecule has 0 aromatic carbocycles. The van der Waals surface area contributed by atoms with Gasteiger partial charge in [0.25, 0.3) is 0 Å². The second kappa shape index (κ2) is 7.46. The van der Waals surface area contributed by atoms with Gasteiger partial charge in [-0.1, -0.05) is 13.8 Å². The summed E-state index contributed by atoms with van der Waals surface area (Å²) in [5.41, 5.74) is 0. The fraction of sp³-hybridized carbons (Fsp3) is 0.800. The first kappa shape index (κ1) is 11.3. The van der Waals surface area contributed by atoms with Crippen molar-refractivity contribution in [2.75, 3.05) is 6.93 Å². The molecule has 0 aromatic rings. The van der Waals surface area contributed by atoms with Crippen molar-refractivity contribution in [3.05, 3.63) is 0 Å². The van der Waals surface area contributed by atoms with Crippen molar-refractivity contribution in [1.82, 2.24) is 0 Å². The molecule has 0 rings (SSSR count). The predicted octanol–water partition coefficient (Wildman–Crippen LogP) is 2.02. The molecule has 0 unspecified atom stereocenters. The molecule has 0 bridgehead atoms. The Bertz CT molecular complexity index is 72.6. The van der Waals surface area contributed by atoms with E-state index in [1.165, 1.54) is 13.8 Å². The maximum Gasteiger partial charge on any atom is 0.304 e. The normalized spacial score (nSPS) is 8.22. The Kier molecular flexibility index (Phi) is 9.35. The van der Waals surface area contributed by atoms with Gasteiger partial charge in [-0.15, -0.1) is 0 Å². The highest BCUT2D eigenvalue weighted by Crippen LogP contribution is 1.92. The van der Waals surface area contributed by atoms with Crippen LogP contribution in [-0.4, -0.2) is 13.0 Å². The summed E-state index contributed by atoms with van der Waals surface area (Å²) in [6, 6.07) is -1.24. The van der Waals surface area contributed by atoms with Gasteiger partial charge in [0.15, 0.2) is 0 Å². The maximum atomic E-state index is 11.2. The Balaban J connectivity index is 0. The van der Waals surface area contributed by atoms with Crippen LogP contribution < -0.4 is 0 Å². The molecule has 0 radical (unpaired) electrons. The first-order valence-electron chi connectivity index (χ1n) is 2.37. The minimum absolute atomic E-state index is 0.454. The van der Waals surface area contributed by atoms with Crippen LogP contribution in [0.25, 0.3) is 0 Å². The van der Waals surface area contributed by atoms with E-state index in [-0.39, 0.29) is 0 Å². The van der Waals surface area contributed by atoms with Gasteiger partial charge in [0.2, 0.25) is 6.93 Å². The molecule has 0 aliphatic carbocycles. The fourth-order valence-electron chi connectivity index (χ4n) is 0. The van der Waals surface area contributed by atoms with Gasteiger partial charge in [0.05, 0.1) is 0 Å². The summed E-state index contributed by atoms with van der Waals surface area (Å²) in [6.45, 7) is 1.28. The third-order valence-electron chi connectivity index (χ3n) is 0.454. The van der Waals surface area contributed by atoms with Crippen molar-refractivity contribution in [3.63, 3.8) is 0 Å². The van der Waals surface area contributed by atoms with Crippen LogP contribution in [0, 0.1) is 5.92 Å². The van der Waals surface area contributed by atoms with E-state index in [2.05, 4.69) is 0 Å². The van der Waals surface area contributed by atoms with Crippen LogP contribution in [0.3, 0.4) is 0 Å². The Hall–Kier alpha value is -0.540. The summed E-state index contributed by atoms with van der Waals surface area (Å²) < 4.78 is 30.4.